The molecular formula is C25H31N3O5. The molecule has 0 radical (unpaired) electrons. The zero-order chi connectivity index (χ0) is 24.2. The highest BCUT2D eigenvalue weighted by molar-refractivity contribution is 5.80. The Bertz CT molecular complexity index is 1100. The lowest BCUT2D eigenvalue weighted by Crippen LogP contribution is -2.49. The molecule has 3 rings (SSSR count). The van der Waals surface area contributed by atoms with Crippen LogP contribution in [0.3, 0.4) is 0 Å². The van der Waals surface area contributed by atoms with Crippen LogP contribution in [0, 0.1) is 30.1 Å². The fraction of sp³-hybridized carbons (Fsp3) is 0.520. The van der Waals surface area contributed by atoms with Crippen LogP contribution in [0.25, 0.3) is 11.0 Å². The normalized spacial score (nSPS) is 18.1. The second kappa shape index (κ2) is 10.1. The highest BCUT2D eigenvalue weighted by Crippen LogP contribution is 2.38. The van der Waals surface area contributed by atoms with Gasteiger partial charge in [0.25, 0.3) is 0 Å². The first-order valence-electron chi connectivity index (χ1n) is 11.1. The quantitative estimate of drug-likeness (QED) is 0.480. The van der Waals surface area contributed by atoms with Crippen molar-refractivity contribution < 1.29 is 24.2 Å². The van der Waals surface area contributed by atoms with E-state index in [2.05, 4.69) is 27.1 Å². The van der Waals surface area contributed by atoms with Gasteiger partial charge in [-0.25, -0.2) is 19.6 Å². The first-order chi connectivity index (χ1) is 15.6. The Morgan fingerprint density at radius 3 is 2.70 bits per heavy atom. The van der Waals surface area contributed by atoms with Crippen molar-refractivity contribution in [1.29, 1.82) is 0 Å². The van der Waals surface area contributed by atoms with Crippen molar-refractivity contribution in [2.75, 3.05) is 7.11 Å². The Balaban J connectivity index is 1.44. The molecule has 1 heterocycles. The van der Waals surface area contributed by atoms with Crippen LogP contribution in [-0.2, 0) is 9.53 Å². The number of methoxy groups -OCH3 is 1. The molecule has 2 N–H and O–H groups in total. The Hall–Kier alpha value is -3.34. The summed E-state index contributed by atoms with van der Waals surface area (Å²) in [6.07, 6.45) is 2.47. The monoisotopic (exact) mass is 453 g/mol. The number of nitrogens with one attached hydrogen (secondary N) is 1. The maximum absolute atomic E-state index is 12.1. The van der Waals surface area contributed by atoms with Gasteiger partial charge in [-0.2, -0.15) is 0 Å². The van der Waals surface area contributed by atoms with Crippen LogP contribution >= 0.6 is 0 Å². The molecule has 176 valence electrons. The molecule has 1 aromatic heterocycles. The Morgan fingerprint density at radius 2 is 2.03 bits per heavy atom. The molecule has 1 aliphatic rings. The molecule has 1 saturated carbocycles. The molecule has 0 unspecified atom stereocenters. The molecule has 1 aliphatic carbocycles. The van der Waals surface area contributed by atoms with Crippen LogP contribution < -0.4 is 10.1 Å². The third kappa shape index (κ3) is 6.58. The van der Waals surface area contributed by atoms with Gasteiger partial charge in [0.1, 0.15) is 23.6 Å². The number of ether oxygens (including phenoxy) is 2. The van der Waals surface area contributed by atoms with E-state index in [-0.39, 0.29) is 6.10 Å². The number of rotatable bonds is 7. The number of amides is 1. The van der Waals surface area contributed by atoms with Crippen molar-refractivity contribution >= 4 is 23.1 Å². The van der Waals surface area contributed by atoms with Gasteiger partial charge in [-0.05, 0) is 55.6 Å². The van der Waals surface area contributed by atoms with Gasteiger partial charge in [-0.15, -0.1) is 0 Å². The predicted molar refractivity (Wildman–Crippen MR) is 124 cm³/mol. The van der Waals surface area contributed by atoms with Gasteiger partial charge in [0.15, 0.2) is 0 Å². The lowest BCUT2D eigenvalue weighted by molar-refractivity contribution is -0.142. The van der Waals surface area contributed by atoms with E-state index < -0.39 is 23.5 Å². The molecular weight excluding hydrogens is 422 g/mol. The molecule has 0 bridgehead atoms. The third-order valence-electron chi connectivity index (χ3n) is 5.62. The van der Waals surface area contributed by atoms with E-state index in [4.69, 9.17) is 9.47 Å². The Labute approximate surface area is 194 Å². The Morgan fingerprint density at radius 1 is 1.27 bits per heavy atom. The van der Waals surface area contributed by atoms with E-state index in [1.807, 2.05) is 25.1 Å². The average Bonchev–Trinajstić information content (AvgIpc) is 3.47. The van der Waals surface area contributed by atoms with Gasteiger partial charge in [-0.1, -0.05) is 26.7 Å². The second-order valence-electron chi connectivity index (χ2n) is 9.43. The summed E-state index contributed by atoms with van der Waals surface area (Å²) in [5.74, 6) is 6.24. The summed E-state index contributed by atoms with van der Waals surface area (Å²) in [5.41, 5.74) is 2.40. The number of aliphatic carboxylic acids is 1. The standard InChI is InChI=1S/C25H31N3O5/c1-15-18(27-19-12-11-17(32-5)14-20(19)26-15)10-8-6-7-9-16-13-21(16)33-24(31)28-22(23(29)30)25(2,3)4/h11-12,14,16,21-22H,6-7,9,13H2,1-5H3,(H,28,31)(H,29,30)/t16-,21-,22-/m1/s1. The molecule has 3 atom stereocenters. The van der Waals surface area contributed by atoms with Crippen LogP contribution in [0.15, 0.2) is 18.2 Å². The number of carbonyl (C=O) groups is 2. The number of aromatic nitrogens is 2. The average molecular weight is 454 g/mol. The zero-order valence-corrected chi connectivity index (χ0v) is 19.8. The summed E-state index contributed by atoms with van der Waals surface area (Å²) < 4.78 is 10.6. The second-order valence-corrected chi connectivity index (χ2v) is 9.43. The minimum absolute atomic E-state index is 0.155. The van der Waals surface area contributed by atoms with Crippen molar-refractivity contribution in [3.63, 3.8) is 0 Å². The van der Waals surface area contributed by atoms with Crippen LogP contribution in [0.2, 0.25) is 0 Å². The van der Waals surface area contributed by atoms with E-state index >= 15 is 0 Å². The first-order valence-corrected chi connectivity index (χ1v) is 11.1. The van der Waals surface area contributed by atoms with Crippen LogP contribution in [-0.4, -0.2) is 46.4 Å². The summed E-state index contributed by atoms with van der Waals surface area (Å²) in [6.45, 7) is 7.17. The lowest BCUT2D eigenvalue weighted by atomic mass is 9.87. The van der Waals surface area contributed by atoms with Gasteiger partial charge >= 0.3 is 12.1 Å². The summed E-state index contributed by atoms with van der Waals surface area (Å²) in [4.78, 5) is 32.6. The van der Waals surface area contributed by atoms with Gasteiger partial charge in [0.05, 0.1) is 23.8 Å². The number of carbonyl (C=O) groups excluding carboxylic acids is 1. The van der Waals surface area contributed by atoms with Crippen molar-refractivity contribution in [3.05, 3.63) is 29.6 Å². The molecule has 1 fully saturated rings. The minimum Gasteiger partial charge on any atom is -0.497 e. The summed E-state index contributed by atoms with van der Waals surface area (Å²) in [5, 5.41) is 11.8. The molecule has 8 heteroatoms. The molecule has 0 saturated heterocycles. The van der Waals surface area contributed by atoms with Crippen LogP contribution in [0.5, 0.6) is 5.75 Å². The highest BCUT2D eigenvalue weighted by Gasteiger charge is 2.41. The Kier molecular flexibility index (Phi) is 7.42. The van der Waals surface area contributed by atoms with Crippen molar-refractivity contribution in [2.24, 2.45) is 11.3 Å². The number of carboxylic acids is 1. The van der Waals surface area contributed by atoms with E-state index in [1.54, 1.807) is 27.9 Å². The number of hydrogen-bond donors (Lipinski definition) is 2. The molecule has 1 aromatic carbocycles. The largest absolute Gasteiger partial charge is 0.497 e. The molecule has 0 aliphatic heterocycles. The predicted octanol–water partition coefficient (Wildman–Crippen LogP) is 4.08. The number of benzene rings is 1. The fourth-order valence-corrected chi connectivity index (χ4v) is 3.57. The van der Waals surface area contributed by atoms with E-state index in [0.29, 0.717) is 18.0 Å². The smallest absolute Gasteiger partial charge is 0.408 e. The SMILES string of the molecule is COc1ccc2nc(C#CCCC[C@@H]3C[C@H]3OC(=O)N[C@H](C(=O)O)C(C)(C)C)c(C)nc2c1. The zero-order valence-electron chi connectivity index (χ0n) is 19.8. The lowest BCUT2D eigenvalue weighted by Gasteiger charge is -2.27. The van der Waals surface area contributed by atoms with Crippen LogP contribution in [0.4, 0.5) is 4.79 Å². The molecule has 33 heavy (non-hydrogen) atoms. The topological polar surface area (TPSA) is 111 Å². The number of hydrogen-bond acceptors (Lipinski definition) is 6. The molecule has 8 nitrogen and oxygen atoms in total. The maximum atomic E-state index is 12.1. The van der Waals surface area contributed by atoms with Gasteiger partial charge in [-0.3, -0.25) is 0 Å². The van der Waals surface area contributed by atoms with Crippen molar-refractivity contribution in [3.8, 4) is 17.6 Å². The van der Waals surface area contributed by atoms with Gasteiger partial charge < -0.3 is 19.9 Å². The summed E-state index contributed by atoms with van der Waals surface area (Å²) >= 11 is 0. The minimum atomic E-state index is -1.07. The van der Waals surface area contributed by atoms with E-state index in [0.717, 1.165) is 41.7 Å². The molecule has 1 amide bonds. The van der Waals surface area contributed by atoms with E-state index in [1.165, 1.54) is 0 Å². The summed E-state index contributed by atoms with van der Waals surface area (Å²) in [7, 11) is 1.62. The van der Waals surface area contributed by atoms with Crippen LogP contribution in [0.1, 0.15) is 57.8 Å². The number of carboxylic acid groups (broad SMARTS) is 1. The van der Waals surface area contributed by atoms with Gasteiger partial charge in [0, 0.05) is 12.5 Å². The number of unbranched alkanes of at least 4 members (excludes halogenated alkanes) is 1. The first kappa shape index (κ1) is 24.3. The maximum Gasteiger partial charge on any atom is 0.408 e. The molecule has 2 aromatic rings. The number of nitrogens with zero attached hydrogens (tertiary/aromatic N) is 2. The number of fused-ring (bicyclic) bond motifs is 1. The number of aryl methyl sites for hydroxylation is 1. The number of alkyl carbamates (subject to hydrolysis) is 1. The third-order valence-corrected chi connectivity index (χ3v) is 5.62. The summed E-state index contributed by atoms with van der Waals surface area (Å²) in [6, 6.07) is 4.57. The van der Waals surface area contributed by atoms with Gasteiger partial charge in [0.2, 0.25) is 0 Å². The van der Waals surface area contributed by atoms with Crippen molar-refractivity contribution in [2.45, 2.75) is 65.5 Å². The highest BCUT2D eigenvalue weighted by atomic mass is 16.6. The molecule has 0 spiro atoms. The fourth-order valence-electron chi connectivity index (χ4n) is 3.57. The van der Waals surface area contributed by atoms with E-state index in [9.17, 15) is 14.7 Å². The van der Waals surface area contributed by atoms with Crippen molar-refractivity contribution in [1.82, 2.24) is 15.3 Å².